The second-order valence-electron chi connectivity index (χ2n) is 6.66. The Bertz CT molecular complexity index is 820. The highest BCUT2D eigenvalue weighted by molar-refractivity contribution is 5.96. The Labute approximate surface area is 163 Å². The van der Waals surface area contributed by atoms with Gasteiger partial charge in [0, 0.05) is 11.6 Å². The molecule has 1 aliphatic carbocycles. The van der Waals surface area contributed by atoms with Gasteiger partial charge in [-0.2, -0.15) is 0 Å². The summed E-state index contributed by atoms with van der Waals surface area (Å²) in [5, 5.41) is 11.8. The number of rotatable bonds is 8. The van der Waals surface area contributed by atoms with Crippen molar-refractivity contribution in [1.29, 1.82) is 0 Å². The minimum absolute atomic E-state index is 0.139. The van der Waals surface area contributed by atoms with E-state index in [4.69, 9.17) is 19.3 Å². The van der Waals surface area contributed by atoms with Crippen LogP contribution >= 0.6 is 0 Å². The van der Waals surface area contributed by atoms with Crippen molar-refractivity contribution in [3.63, 3.8) is 0 Å². The van der Waals surface area contributed by atoms with Crippen molar-refractivity contribution in [3.8, 4) is 17.2 Å². The summed E-state index contributed by atoms with van der Waals surface area (Å²) < 4.78 is 16.7. The normalized spacial score (nSPS) is 17.9. The molecular weight excluding hydrogens is 362 g/mol. The summed E-state index contributed by atoms with van der Waals surface area (Å²) in [5.74, 6) is -0.327. The van der Waals surface area contributed by atoms with Crippen molar-refractivity contribution < 1.29 is 28.9 Å². The third-order valence-corrected chi connectivity index (χ3v) is 4.77. The maximum Gasteiger partial charge on any atom is 0.306 e. The van der Waals surface area contributed by atoms with Gasteiger partial charge in [-0.25, -0.2) is 0 Å². The van der Waals surface area contributed by atoms with Crippen LogP contribution in [0.1, 0.15) is 28.8 Å². The summed E-state index contributed by atoms with van der Waals surface area (Å²) in [4.78, 5) is 23.4. The highest BCUT2D eigenvalue weighted by Crippen LogP contribution is 2.39. The molecule has 3 rings (SSSR count). The number of benzene rings is 2. The summed E-state index contributed by atoms with van der Waals surface area (Å²) in [6.07, 6.45) is 0.876. The summed E-state index contributed by atoms with van der Waals surface area (Å²) in [5.41, 5.74) is 1.35. The number of carboxylic acid groups (broad SMARTS) is 1. The van der Waals surface area contributed by atoms with Gasteiger partial charge in [-0.05, 0) is 30.5 Å². The van der Waals surface area contributed by atoms with Crippen LogP contribution in [-0.2, 0) is 11.4 Å². The molecule has 1 amide bonds. The minimum Gasteiger partial charge on any atom is -0.493 e. The topological polar surface area (TPSA) is 94.1 Å². The van der Waals surface area contributed by atoms with Crippen LogP contribution < -0.4 is 19.5 Å². The lowest BCUT2D eigenvalue weighted by Gasteiger charge is -2.32. The zero-order valence-electron chi connectivity index (χ0n) is 15.8. The average molecular weight is 385 g/mol. The number of carboxylic acids is 1. The van der Waals surface area contributed by atoms with E-state index in [-0.39, 0.29) is 17.9 Å². The van der Waals surface area contributed by atoms with E-state index in [9.17, 15) is 9.59 Å². The maximum atomic E-state index is 12.5. The first-order valence-electron chi connectivity index (χ1n) is 8.98. The largest absolute Gasteiger partial charge is 0.493 e. The summed E-state index contributed by atoms with van der Waals surface area (Å²) in [6, 6.07) is 12.7. The van der Waals surface area contributed by atoms with Crippen molar-refractivity contribution in [3.05, 3.63) is 53.6 Å². The van der Waals surface area contributed by atoms with E-state index < -0.39 is 5.97 Å². The van der Waals surface area contributed by atoms with E-state index >= 15 is 0 Å². The molecule has 0 aliphatic heterocycles. The lowest BCUT2D eigenvalue weighted by atomic mass is 9.80. The first-order valence-corrected chi connectivity index (χ1v) is 8.98. The molecule has 1 aliphatic rings. The molecule has 2 N–H and O–H groups in total. The predicted octanol–water partition coefficient (Wildman–Crippen LogP) is 2.88. The molecule has 2 aromatic rings. The SMILES string of the molecule is COc1cc(C(=O)NC2CC(C(=O)O)C2)cc(OC)c1OCc1ccccc1. The van der Waals surface area contributed by atoms with Gasteiger partial charge in [-0.15, -0.1) is 0 Å². The molecule has 1 saturated carbocycles. The zero-order valence-corrected chi connectivity index (χ0v) is 15.8. The molecular formula is C21H23NO6. The zero-order chi connectivity index (χ0) is 20.1. The van der Waals surface area contributed by atoms with Gasteiger partial charge < -0.3 is 24.6 Å². The number of hydrogen-bond donors (Lipinski definition) is 2. The molecule has 0 atom stereocenters. The molecule has 0 spiro atoms. The van der Waals surface area contributed by atoms with E-state index in [1.807, 2.05) is 30.3 Å². The lowest BCUT2D eigenvalue weighted by molar-refractivity contribution is -0.145. The van der Waals surface area contributed by atoms with Gasteiger partial charge in [-0.3, -0.25) is 9.59 Å². The maximum absolute atomic E-state index is 12.5. The van der Waals surface area contributed by atoms with Crippen LogP contribution in [0, 0.1) is 5.92 Å². The number of nitrogens with one attached hydrogen (secondary N) is 1. The predicted molar refractivity (Wildman–Crippen MR) is 102 cm³/mol. The van der Waals surface area contributed by atoms with Gasteiger partial charge in [0.15, 0.2) is 11.5 Å². The Morgan fingerprint density at radius 1 is 1.07 bits per heavy atom. The second-order valence-corrected chi connectivity index (χ2v) is 6.66. The Morgan fingerprint density at radius 2 is 1.68 bits per heavy atom. The smallest absolute Gasteiger partial charge is 0.306 e. The molecule has 0 aromatic heterocycles. The molecule has 0 heterocycles. The molecule has 0 saturated heterocycles. The van der Waals surface area contributed by atoms with Crippen molar-refractivity contribution in [2.75, 3.05) is 14.2 Å². The van der Waals surface area contributed by atoms with E-state index in [1.165, 1.54) is 14.2 Å². The van der Waals surface area contributed by atoms with Crippen LogP contribution in [0.3, 0.4) is 0 Å². The van der Waals surface area contributed by atoms with Crippen LogP contribution in [-0.4, -0.2) is 37.2 Å². The minimum atomic E-state index is -0.825. The van der Waals surface area contributed by atoms with Gasteiger partial charge in [0.1, 0.15) is 6.61 Å². The summed E-state index contributed by atoms with van der Waals surface area (Å²) in [6.45, 7) is 0.331. The van der Waals surface area contributed by atoms with Crippen LogP contribution in [0.25, 0.3) is 0 Å². The number of carbonyl (C=O) groups excluding carboxylic acids is 1. The molecule has 0 unspecified atom stereocenters. The Morgan fingerprint density at radius 3 is 2.21 bits per heavy atom. The van der Waals surface area contributed by atoms with E-state index in [0.717, 1.165) is 5.56 Å². The number of carbonyl (C=O) groups is 2. The molecule has 148 valence electrons. The Hall–Kier alpha value is -3.22. The molecule has 7 nitrogen and oxygen atoms in total. The first kappa shape index (κ1) is 19.5. The van der Waals surface area contributed by atoms with E-state index in [1.54, 1.807) is 12.1 Å². The van der Waals surface area contributed by atoms with Crippen molar-refractivity contribution in [1.82, 2.24) is 5.32 Å². The first-order chi connectivity index (χ1) is 13.5. The van der Waals surface area contributed by atoms with Gasteiger partial charge in [0.2, 0.25) is 5.75 Å². The second kappa shape index (κ2) is 8.65. The van der Waals surface area contributed by atoms with Gasteiger partial charge >= 0.3 is 5.97 Å². The number of ether oxygens (including phenoxy) is 3. The average Bonchev–Trinajstić information content (AvgIpc) is 2.68. The Kier molecular flexibility index (Phi) is 6.03. The third-order valence-electron chi connectivity index (χ3n) is 4.77. The van der Waals surface area contributed by atoms with Crippen LogP contribution in [0.15, 0.2) is 42.5 Å². The quantitative estimate of drug-likeness (QED) is 0.726. The van der Waals surface area contributed by atoms with Crippen molar-refractivity contribution in [2.45, 2.75) is 25.5 Å². The molecule has 1 fully saturated rings. The highest BCUT2D eigenvalue weighted by atomic mass is 16.5. The lowest BCUT2D eigenvalue weighted by Crippen LogP contribution is -2.46. The monoisotopic (exact) mass is 385 g/mol. The Balaban J connectivity index is 1.73. The number of amides is 1. The van der Waals surface area contributed by atoms with Crippen LogP contribution in [0.4, 0.5) is 0 Å². The van der Waals surface area contributed by atoms with Crippen LogP contribution in [0.2, 0.25) is 0 Å². The molecule has 7 heteroatoms. The highest BCUT2D eigenvalue weighted by Gasteiger charge is 2.35. The van der Waals surface area contributed by atoms with Crippen molar-refractivity contribution in [2.24, 2.45) is 5.92 Å². The number of hydrogen-bond acceptors (Lipinski definition) is 5. The standard InChI is InChI=1S/C21H23NO6/c1-26-17-10-14(20(23)22-16-8-15(9-16)21(24)25)11-18(27-2)19(17)28-12-13-6-4-3-5-7-13/h3-7,10-11,15-16H,8-9,12H2,1-2H3,(H,22,23)(H,24,25). The third kappa shape index (κ3) is 4.36. The fourth-order valence-electron chi connectivity index (χ4n) is 3.09. The molecule has 0 radical (unpaired) electrons. The number of aliphatic carboxylic acids is 1. The fraction of sp³-hybridized carbons (Fsp3) is 0.333. The molecule has 2 aromatic carbocycles. The van der Waals surface area contributed by atoms with E-state index in [2.05, 4.69) is 5.32 Å². The van der Waals surface area contributed by atoms with Crippen molar-refractivity contribution >= 4 is 11.9 Å². The van der Waals surface area contributed by atoms with Crippen LogP contribution in [0.5, 0.6) is 17.2 Å². The fourth-order valence-corrected chi connectivity index (χ4v) is 3.09. The summed E-state index contributed by atoms with van der Waals surface area (Å²) >= 11 is 0. The number of methoxy groups -OCH3 is 2. The summed E-state index contributed by atoms with van der Waals surface area (Å²) in [7, 11) is 2.99. The molecule has 28 heavy (non-hydrogen) atoms. The van der Waals surface area contributed by atoms with Gasteiger partial charge in [0.05, 0.1) is 20.1 Å². The van der Waals surface area contributed by atoms with E-state index in [0.29, 0.717) is 42.3 Å². The van der Waals surface area contributed by atoms with Gasteiger partial charge in [0.25, 0.3) is 5.91 Å². The van der Waals surface area contributed by atoms with Gasteiger partial charge in [-0.1, -0.05) is 30.3 Å². The molecule has 0 bridgehead atoms.